The van der Waals surface area contributed by atoms with Crippen LogP contribution in [0, 0.1) is 18.3 Å². The van der Waals surface area contributed by atoms with Crippen molar-refractivity contribution in [2.75, 3.05) is 5.32 Å². The lowest BCUT2D eigenvalue weighted by Crippen LogP contribution is -2.16. The van der Waals surface area contributed by atoms with E-state index in [0.29, 0.717) is 29.1 Å². The summed E-state index contributed by atoms with van der Waals surface area (Å²) >= 11 is 0. The molecule has 1 aliphatic rings. The SMILES string of the molecule is Cc1cc(C#N)cnc1C(=O)Nc1ccc2c(c1)C(c1cnn(C)c1)=NC2. The maximum absolute atomic E-state index is 12.6. The first-order valence-corrected chi connectivity index (χ1v) is 8.40. The predicted octanol–water partition coefficient (Wildman–Crippen LogP) is 2.60. The van der Waals surface area contributed by atoms with Crippen molar-refractivity contribution in [2.45, 2.75) is 13.5 Å². The molecule has 1 N–H and O–H groups in total. The van der Waals surface area contributed by atoms with Crippen LogP contribution in [0.4, 0.5) is 5.69 Å². The number of nitrogens with one attached hydrogen (secondary N) is 1. The Morgan fingerprint density at radius 3 is 2.85 bits per heavy atom. The van der Waals surface area contributed by atoms with Crippen molar-refractivity contribution in [3.63, 3.8) is 0 Å². The monoisotopic (exact) mass is 356 g/mol. The van der Waals surface area contributed by atoms with Crippen LogP contribution in [0.15, 0.2) is 47.8 Å². The highest BCUT2D eigenvalue weighted by atomic mass is 16.1. The minimum atomic E-state index is -0.310. The Morgan fingerprint density at radius 2 is 2.15 bits per heavy atom. The largest absolute Gasteiger partial charge is 0.321 e. The van der Waals surface area contributed by atoms with Crippen LogP contribution in [-0.2, 0) is 13.6 Å². The lowest BCUT2D eigenvalue weighted by molar-refractivity contribution is 0.102. The van der Waals surface area contributed by atoms with Gasteiger partial charge in [0.1, 0.15) is 11.8 Å². The Morgan fingerprint density at radius 1 is 1.30 bits per heavy atom. The molecular formula is C20H16N6O. The van der Waals surface area contributed by atoms with Gasteiger partial charge in [-0.2, -0.15) is 10.4 Å². The van der Waals surface area contributed by atoms with Crippen LogP contribution in [0.25, 0.3) is 0 Å². The molecule has 27 heavy (non-hydrogen) atoms. The number of carbonyl (C=O) groups excluding carboxylic acids is 1. The lowest BCUT2D eigenvalue weighted by Gasteiger charge is -2.09. The maximum Gasteiger partial charge on any atom is 0.274 e. The van der Waals surface area contributed by atoms with Crippen LogP contribution in [-0.4, -0.2) is 26.4 Å². The van der Waals surface area contributed by atoms with Crippen LogP contribution in [0.5, 0.6) is 0 Å². The van der Waals surface area contributed by atoms with E-state index in [1.165, 1.54) is 6.20 Å². The highest BCUT2D eigenvalue weighted by Gasteiger charge is 2.20. The number of aliphatic imine (C=N–C) groups is 1. The van der Waals surface area contributed by atoms with Crippen molar-refractivity contribution in [1.29, 1.82) is 5.26 Å². The van der Waals surface area contributed by atoms with Crippen LogP contribution < -0.4 is 5.32 Å². The number of aryl methyl sites for hydroxylation is 2. The molecule has 1 amide bonds. The number of aromatic nitrogens is 3. The van der Waals surface area contributed by atoms with Gasteiger partial charge in [-0.25, -0.2) is 4.98 Å². The molecule has 3 heterocycles. The molecule has 0 radical (unpaired) electrons. The summed E-state index contributed by atoms with van der Waals surface area (Å²) in [5.41, 5.74) is 5.98. The van der Waals surface area contributed by atoms with E-state index in [0.717, 1.165) is 22.4 Å². The van der Waals surface area contributed by atoms with Gasteiger partial charge in [-0.3, -0.25) is 14.5 Å². The smallest absolute Gasteiger partial charge is 0.274 e. The minimum Gasteiger partial charge on any atom is -0.321 e. The van der Waals surface area contributed by atoms with Crippen LogP contribution >= 0.6 is 0 Å². The fourth-order valence-corrected chi connectivity index (χ4v) is 3.12. The second-order valence-electron chi connectivity index (χ2n) is 6.39. The average molecular weight is 356 g/mol. The summed E-state index contributed by atoms with van der Waals surface area (Å²) in [5.74, 6) is -0.310. The zero-order chi connectivity index (χ0) is 19.0. The molecule has 2 aromatic heterocycles. The van der Waals surface area contributed by atoms with Gasteiger partial charge in [0.05, 0.1) is 24.0 Å². The van der Waals surface area contributed by atoms with Gasteiger partial charge in [0, 0.05) is 36.3 Å². The second-order valence-corrected chi connectivity index (χ2v) is 6.39. The minimum absolute atomic E-state index is 0.302. The molecular weight excluding hydrogens is 340 g/mol. The Hall–Kier alpha value is -3.79. The number of hydrogen-bond acceptors (Lipinski definition) is 5. The summed E-state index contributed by atoms with van der Waals surface area (Å²) in [7, 11) is 1.86. The summed E-state index contributed by atoms with van der Waals surface area (Å²) in [4.78, 5) is 21.3. The topological polar surface area (TPSA) is 96.0 Å². The van der Waals surface area contributed by atoms with Gasteiger partial charge in [-0.05, 0) is 36.2 Å². The molecule has 0 atom stereocenters. The zero-order valence-electron chi connectivity index (χ0n) is 14.9. The first-order valence-electron chi connectivity index (χ1n) is 8.40. The molecule has 0 bridgehead atoms. The van der Waals surface area contributed by atoms with E-state index in [9.17, 15) is 4.79 Å². The first-order chi connectivity index (χ1) is 13.0. The number of benzene rings is 1. The van der Waals surface area contributed by atoms with Gasteiger partial charge < -0.3 is 5.32 Å². The molecule has 0 fully saturated rings. The molecule has 0 saturated carbocycles. The number of anilines is 1. The van der Waals surface area contributed by atoms with Crippen molar-refractivity contribution in [3.8, 4) is 6.07 Å². The third-order valence-corrected chi connectivity index (χ3v) is 4.43. The summed E-state index contributed by atoms with van der Waals surface area (Å²) in [5, 5.41) is 16.0. The summed E-state index contributed by atoms with van der Waals surface area (Å²) in [6.45, 7) is 2.38. The van der Waals surface area contributed by atoms with E-state index in [1.54, 1.807) is 23.9 Å². The Balaban J connectivity index is 1.61. The van der Waals surface area contributed by atoms with E-state index in [2.05, 4.69) is 20.4 Å². The highest BCUT2D eigenvalue weighted by Crippen LogP contribution is 2.26. The van der Waals surface area contributed by atoms with Crippen molar-refractivity contribution >= 4 is 17.3 Å². The molecule has 1 aliphatic heterocycles. The van der Waals surface area contributed by atoms with Crippen LogP contribution in [0.2, 0.25) is 0 Å². The second kappa shape index (κ2) is 6.50. The first kappa shape index (κ1) is 16.7. The van der Waals surface area contributed by atoms with E-state index >= 15 is 0 Å². The highest BCUT2D eigenvalue weighted by molar-refractivity contribution is 6.15. The number of amides is 1. The van der Waals surface area contributed by atoms with E-state index in [4.69, 9.17) is 5.26 Å². The van der Waals surface area contributed by atoms with Gasteiger partial charge in [0.15, 0.2) is 0 Å². The van der Waals surface area contributed by atoms with Crippen LogP contribution in [0.1, 0.15) is 38.3 Å². The van der Waals surface area contributed by atoms with Gasteiger partial charge in [0.2, 0.25) is 0 Å². The fraction of sp³-hybridized carbons (Fsp3) is 0.150. The normalized spacial score (nSPS) is 12.3. The number of fused-ring (bicyclic) bond motifs is 1. The third kappa shape index (κ3) is 3.09. The Bertz CT molecular complexity index is 1140. The predicted molar refractivity (Wildman–Crippen MR) is 101 cm³/mol. The molecule has 0 aliphatic carbocycles. The molecule has 4 rings (SSSR count). The zero-order valence-corrected chi connectivity index (χ0v) is 14.9. The van der Waals surface area contributed by atoms with Crippen LogP contribution in [0.3, 0.4) is 0 Å². The Kier molecular flexibility index (Phi) is 4.01. The van der Waals surface area contributed by atoms with E-state index < -0.39 is 0 Å². The van der Waals surface area contributed by atoms with Crippen molar-refractivity contribution in [3.05, 3.63) is 76.4 Å². The van der Waals surface area contributed by atoms with E-state index in [-0.39, 0.29) is 5.91 Å². The van der Waals surface area contributed by atoms with Crippen molar-refractivity contribution in [2.24, 2.45) is 12.0 Å². The van der Waals surface area contributed by atoms with Gasteiger partial charge in [-0.1, -0.05) is 6.07 Å². The molecule has 132 valence electrons. The molecule has 0 unspecified atom stereocenters. The number of nitrogens with zero attached hydrogens (tertiary/aromatic N) is 5. The number of carbonyl (C=O) groups is 1. The van der Waals surface area contributed by atoms with Crippen molar-refractivity contribution in [1.82, 2.24) is 14.8 Å². The summed E-state index contributed by atoms with van der Waals surface area (Å²) < 4.78 is 1.74. The molecule has 0 saturated heterocycles. The lowest BCUT2D eigenvalue weighted by atomic mass is 10.0. The quantitative estimate of drug-likeness (QED) is 0.780. The van der Waals surface area contributed by atoms with Gasteiger partial charge in [-0.15, -0.1) is 0 Å². The number of hydrogen-bond donors (Lipinski definition) is 1. The molecule has 7 nitrogen and oxygen atoms in total. The average Bonchev–Trinajstić information content (AvgIpc) is 3.27. The van der Waals surface area contributed by atoms with Gasteiger partial charge >= 0.3 is 0 Å². The molecule has 7 heteroatoms. The standard InChI is InChI=1S/C20H16N6O/c1-12-5-13(7-21)8-22-18(12)20(27)25-16-4-3-14-9-23-19(17(14)6-16)15-10-24-26(2)11-15/h3-6,8,10-11H,9H2,1-2H3,(H,25,27). The molecule has 0 spiro atoms. The van der Waals surface area contributed by atoms with Crippen molar-refractivity contribution < 1.29 is 4.79 Å². The summed E-state index contributed by atoms with van der Waals surface area (Å²) in [6.07, 6.45) is 5.10. The Labute approximate surface area is 156 Å². The third-order valence-electron chi connectivity index (χ3n) is 4.43. The number of nitriles is 1. The number of pyridine rings is 1. The fourth-order valence-electron chi connectivity index (χ4n) is 3.12. The number of rotatable bonds is 3. The summed E-state index contributed by atoms with van der Waals surface area (Å²) in [6, 6.07) is 9.42. The van der Waals surface area contributed by atoms with E-state index in [1.807, 2.05) is 37.5 Å². The van der Waals surface area contributed by atoms with Gasteiger partial charge in [0.25, 0.3) is 5.91 Å². The molecule has 3 aromatic rings. The maximum atomic E-state index is 12.6. The molecule has 1 aromatic carbocycles.